The van der Waals surface area contributed by atoms with E-state index in [4.69, 9.17) is 0 Å². The van der Waals surface area contributed by atoms with E-state index in [0.29, 0.717) is 0 Å². The fraction of sp³-hybridized carbons (Fsp3) is 1.00. The third kappa shape index (κ3) is 3.70. The topological polar surface area (TPSA) is 0 Å². The molecule has 1 nitrogen and oxygen atoms in total. The van der Waals surface area contributed by atoms with Crippen LogP contribution in [0.1, 0.15) is 13.3 Å². The number of nitrogens with zero attached hydrogens (tertiary/aromatic N) is 1. The monoisotopic (exact) mass is 143 g/mol. The van der Waals surface area contributed by atoms with Crippen LogP contribution in [0, 0.1) is 0 Å². The summed E-state index contributed by atoms with van der Waals surface area (Å²) in [6.07, 6.45) is 1.25. The minimum absolute atomic E-state index is 0.752. The molecule has 0 amide bonds. The zero-order valence-electron chi connectivity index (χ0n) is 6.94. The molecular weight excluding hydrogens is 126 g/mol. The van der Waals surface area contributed by atoms with Gasteiger partial charge in [0.05, 0.1) is 27.2 Å². The first-order valence-corrected chi connectivity index (χ1v) is 4.15. The van der Waals surface area contributed by atoms with Gasteiger partial charge in [-0.15, -0.1) is 0 Å². The summed E-state index contributed by atoms with van der Waals surface area (Å²) < 4.78 is 1.06. The summed E-state index contributed by atoms with van der Waals surface area (Å²) in [5, 5.41) is 0. The Hall–Kier alpha value is 0.177. The molecule has 3 radical (unpaired) electrons. The summed E-state index contributed by atoms with van der Waals surface area (Å²) in [5.74, 6) is 0. The zero-order valence-corrected chi connectivity index (χ0v) is 7.94. The van der Waals surface area contributed by atoms with Gasteiger partial charge in [0.2, 0.25) is 0 Å². The van der Waals surface area contributed by atoms with Gasteiger partial charge in [-0.1, -0.05) is 6.04 Å². The molecule has 0 spiro atoms. The quantitative estimate of drug-likeness (QED) is 0.409. The van der Waals surface area contributed by atoms with Gasteiger partial charge >= 0.3 is 0 Å². The molecule has 9 heavy (non-hydrogen) atoms. The maximum Gasteiger partial charge on any atom is 0.0852 e. The second kappa shape index (κ2) is 3.37. The second-order valence-electron chi connectivity index (χ2n) is 3.50. The Balaban J connectivity index is 3.59. The van der Waals surface area contributed by atoms with Crippen molar-refractivity contribution in [3.63, 3.8) is 0 Å². The van der Waals surface area contributed by atoms with E-state index in [1.807, 2.05) is 0 Å². The molecule has 1 unspecified atom stereocenters. The van der Waals surface area contributed by atoms with Crippen molar-refractivity contribution in [2.75, 3.05) is 21.1 Å². The Bertz CT molecular complexity index is 75.5. The van der Waals surface area contributed by atoms with Crippen molar-refractivity contribution in [1.29, 1.82) is 0 Å². The third-order valence-corrected chi connectivity index (χ3v) is 2.17. The Morgan fingerprint density at radius 2 is 1.78 bits per heavy atom. The lowest BCUT2D eigenvalue weighted by molar-refractivity contribution is -0.894. The Labute approximate surface area is 62.1 Å². The van der Waals surface area contributed by atoms with Crippen molar-refractivity contribution in [2.45, 2.75) is 25.4 Å². The van der Waals surface area contributed by atoms with Crippen LogP contribution in [0.4, 0.5) is 0 Å². The zero-order chi connectivity index (χ0) is 7.49. The first-order valence-electron chi connectivity index (χ1n) is 3.44. The number of quaternary nitrogens is 1. The van der Waals surface area contributed by atoms with Crippen LogP contribution in [-0.2, 0) is 0 Å². The fourth-order valence-corrected chi connectivity index (χ4v) is 1.01. The molecule has 0 aromatic rings. The minimum atomic E-state index is 0.752. The van der Waals surface area contributed by atoms with Crippen molar-refractivity contribution in [3.8, 4) is 0 Å². The number of hydrogen-bond donors (Lipinski definition) is 0. The molecule has 53 valence electrons. The molecule has 0 aliphatic heterocycles. The van der Waals surface area contributed by atoms with Crippen molar-refractivity contribution >= 4 is 10.2 Å². The first-order chi connectivity index (χ1) is 3.98. The smallest absolute Gasteiger partial charge is 0.0852 e. The highest BCUT2D eigenvalue weighted by Crippen LogP contribution is 2.07. The summed E-state index contributed by atoms with van der Waals surface area (Å²) in [6.45, 7) is 2.28. The molecule has 0 saturated carbocycles. The van der Waals surface area contributed by atoms with Crippen LogP contribution in [0.3, 0.4) is 0 Å². The van der Waals surface area contributed by atoms with Crippen molar-refractivity contribution < 1.29 is 4.48 Å². The van der Waals surface area contributed by atoms with Crippen molar-refractivity contribution in [3.05, 3.63) is 0 Å². The lowest BCUT2D eigenvalue weighted by atomic mass is 10.2. The molecule has 0 aromatic carbocycles. The predicted octanol–water partition coefficient (Wildman–Crippen LogP) is 1.06. The molecule has 2 heteroatoms. The predicted molar refractivity (Wildman–Crippen MR) is 42.7 cm³/mol. The maximum absolute atomic E-state index is 3.48. The molecule has 0 aromatic heterocycles. The summed E-state index contributed by atoms with van der Waals surface area (Å²) in [5.41, 5.74) is 0. The first kappa shape index (κ1) is 9.18. The standard InChI is InChI=1S/C7H17NSi/c1-7(5-6-9)8(2,3)4/h7H,5-6H2,1-4H3/q+1. The van der Waals surface area contributed by atoms with E-state index in [0.717, 1.165) is 16.6 Å². The molecule has 0 bridgehead atoms. The van der Waals surface area contributed by atoms with Gasteiger partial charge in [0, 0.05) is 10.2 Å². The van der Waals surface area contributed by atoms with Crippen molar-refractivity contribution in [1.82, 2.24) is 0 Å². The van der Waals surface area contributed by atoms with Crippen LogP contribution in [-0.4, -0.2) is 41.9 Å². The van der Waals surface area contributed by atoms with E-state index in [1.165, 1.54) is 6.42 Å². The highest BCUT2D eigenvalue weighted by atomic mass is 28.1. The molecule has 0 N–H and O–H groups in total. The largest absolute Gasteiger partial charge is 0.329 e. The van der Waals surface area contributed by atoms with Gasteiger partial charge < -0.3 is 4.48 Å². The van der Waals surface area contributed by atoms with Crippen LogP contribution < -0.4 is 0 Å². The van der Waals surface area contributed by atoms with Gasteiger partial charge in [-0.2, -0.15) is 0 Å². The van der Waals surface area contributed by atoms with E-state index >= 15 is 0 Å². The maximum atomic E-state index is 3.48. The van der Waals surface area contributed by atoms with Gasteiger partial charge in [0.15, 0.2) is 0 Å². The minimum Gasteiger partial charge on any atom is -0.329 e. The van der Waals surface area contributed by atoms with Crippen LogP contribution in [0.2, 0.25) is 6.04 Å². The van der Waals surface area contributed by atoms with Crippen LogP contribution >= 0.6 is 0 Å². The summed E-state index contributed by atoms with van der Waals surface area (Å²) in [7, 11) is 10.2. The van der Waals surface area contributed by atoms with E-state index in [1.54, 1.807) is 0 Å². The van der Waals surface area contributed by atoms with Gasteiger partial charge in [0.25, 0.3) is 0 Å². The van der Waals surface area contributed by atoms with E-state index in [2.05, 4.69) is 38.3 Å². The molecule has 0 aliphatic carbocycles. The lowest BCUT2D eigenvalue weighted by Crippen LogP contribution is -2.42. The summed E-state index contributed by atoms with van der Waals surface area (Å²) >= 11 is 0. The molecule has 0 rings (SSSR count). The lowest BCUT2D eigenvalue weighted by Gasteiger charge is -2.31. The highest BCUT2D eigenvalue weighted by Gasteiger charge is 2.15. The Morgan fingerprint density at radius 3 is 1.89 bits per heavy atom. The van der Waals surface area contributed by atoms with Gasteiger partial charge in [-0.3, -0.25) is 0 Å². The molecule has 0 heterocycles. The SMILES string of the molecule is CC(CC[Si])[N+](C)(C)C. The number of hydrogen-bond acceptors (Lipinski definition) is 0. The van der Waals surface area contributed by atoms with Gasteiger partial charge in [0.1, 0.15) is 0 Å². The van der Waals surface area contributed by atoms with E-state index in [-0.39, 0.29) is 0 Å². The van der Waals surface area contributed by atoms with Crippen LogP contribution in [0.25, 0.3) is 0 Å². The van der Waals surface area contributed by atoms with Crippen LogP contribution in [0.15, 0.2) is 0 Å². The normalized spacial score (nSPS) is 15.7. The summed E-state index contributed by atoms with van der Waals surface area (Å²) in [4.78, 5) is 0. The van der Waals surface area contributed by atoms with Crippen molar-refractivity contribution in [2.24, 2.45) is 0 Å². The molecule has 0 saturated heterocycles. The molecule has 0 fully saturated rings. The third-order valence-electron chi connectivity index (χ3n) is 1.88. The average molecular weight is 143 g/mol. The number of rotatable bonds is 3. The van der Waals surface area contributed by atoms with E-state index < -0.39 is 0 Å². The molecular formula is C7H17NSi+. The van der Waals surface area contributed by atoms with Gasteiger partial charge in [-0.25, -0.2) is 0 Å². The van der Waals surface area contributed by atoms with Gasteiger partial charge in [-0.05, 0) is 13.3 Å². The molecule has 0 aliphatic rings. The fourth-order valence-electron chi connectivity index (χ4n) is 0.596. The van der Waals surface area contributed by atoms with E-state index in [9.17, 15) is 0 Å². The summed E-state index contributed by atoms with van der Waals surface area (Å²) in [6, 6.07) is 1.86. The average Bonchev–Trinajstić information content (AvgIpc) is 1.64. The second-order valence-corrected chi connectivity index (χ2v) is 4.00. The highest BCUT2D eigenvalue weighted by molar-refractivity contribution is 6.08. The van der Waals surface area contributed by atoms with Crippen LogP contribution in [0.5, 0.6) is 0 Å². The Morgan fingerprint density at radius 1 is 1.33 bits per heavy atom. The Kier molecular flexibility index (Phi) is 3.44. The molecule has 1 atom stereocenters.